The largest absolute Gasteiger partial charge is 0.444 e. The first-order chi connectivity index (χ1) is 10.2. The smallest absolute Gasteiger partial charge is 0.408 e. The van der Waals surface area contributed by atoms with Crippen LogP contribution in [0.3, 0.4) is 0 Å². The molecule has 0 saturated carbocycles. The van der Waals surface area contributed by atoms with E-state index in [4.69, 9.17) is 4.74 Å². The average Bonchev–Trinajstić information content (AvgIpc) is 2.36. The maximum absolute atomic E-state index is 12.2. The molecule has 0 bridgehead atoms. The molecule has 1 aromatic rings. The van der Waals surface area contributed by atoms with Crippen molar-refractivity contribution in [3.8, 4) is 0 Å². The van der Waals surface area contributed by atoms with Gasteiger partial charge in [-0.2, -0.15) is 0 Å². The van der Waals surface area contributed by atoms with E-state index in [0.29, 0.717) is 12.8 Å². The summed E-state index contributed by atoms with van der Waals surface area (Å²) in [6, 6.07) is 6.13. The summed E-state index contributed by atoms with van der Waals surface area (Å²) in [6.45, 7) is 5.58. The van der Waals surface area contributed by atoms with E-state index < -0.39 is 17.2 Å². The summed E-state index contributed by atoms with van der Waals surface area (Å²) in [5, 5.41) is 12.4. The van der Waals surface area contributed by atoms with Crippen LogP contribution in [0.1, 0.15) is 44.7 Å². The van der Waals surface area contributed by atoms with Crippen LogP contribution in [0.2, 0.25) is 0 Å². The zero-order valence-corrected chi connectivity index (χ0v) is 15.0. The van der Waals surface area contributed by atoms with E-state index in [0.717, 1.165) is 17.3 Å². The monoisotopic (exact) mass is 369 g/mol. The molecule has 22 heavy (non-hydrogen) atoms. The molecule has 1 aromatic carbocycles. The zero-order chi connectivity index (χ0) is 16.4. The fourth-order valence-corrected chi connectivity index (χ4v) is 3.59. The van der Waals surface area contributed by atoms with Crippen LogP contribution in [0.4, 0.5) is 4.79 Å². The number of carbonyl (C=O) groups is 1. The number of hydrogen-bond donors (Lipinski definition) is 2. The number of rotatable bonds is 3. The standard InChI is InChI=1S/C17H24BrNO3/c1-16(2,3)22-15(21)19-17(9-10-20)8-7-13-12(11-17)5-4-6-14(13)18/h4-6,20H,7-11H2,1-3H3,(H,19,21). The average molecular weight is 370 g/mol. The molecule has 0 spiro atoms. The van der Waals surface area contributed by atoms with Gasteiger partial charge in [0.25, 0.3) is 0 Å². The number of halogens is 1. The Balaban J connectivity index is 2.18. The fourth-order valence-electron chi connectivity index (χ4n) is 2.98. The van der Waals surface area contributed by atoms with Crippen molar-refractivity contribution >= 4 is 22.0 Å². The van der Waals surface area contributed by atoms with E-state index in [2.05, 4.69) is 27.3 Å². The van der Waals surface area contributed by atoms with E-state index in [9.17, 15) is 9.90 Å². The molecule has 4 nitrogen and oxygen atoms in total. The topological polar surface area (TPSA) is 58.6 Å². The van der Waals surface area contributed by atoms with Crippen LogP contribution < -0.4 is 5.32 Å². The minimum atomic E-state index is -0.528. The molecule has 122 valence electrons. The highest BCUT2D eigenvalue weighted by Crippen LogP contribution is 2.35. The molecule has 1 aliphatic rings. The number of aliphatic hydroxyl groups excluding tert-OH is 1. The lowest BCUT2D eigenvalue weighted by molar-refractivity contribution is 0.0422. The first-order valence-electron chi connectivity index (χ1n) is 7.63. The van der Waals surface area contributed by atoms with E-state index in [1.165, 1.54) is 11.1 Å². The minimum Gasteiger partial charge on any atom is -0.444 e. The van der Waals surface area contributed by atoms with E-state index in [1.54, 1.807) is 0 Å². The molecule has 5 heteroatoms. The maximum Gasteiger partial charge on any atom is 0.408 e. The lowest BCUT2D eigenvalue weighted by Crippen LogP contribution is -2.53. The minimum absolute atomic E-state index is 0.0408. The van der Waals surface area contributed by atoms with E-state index in [1.807, 2.05) is 32.9 Å². The summed E-state index contributed by atoms with van der Waals surface area (Å²) in [7, 11) is 0. The van der Waals surface area contributed by atoms with Gasteiger partial charge >= 0.3 is 6.09 Å². The zero-order valence-electron chi connectivity index (χ0n) is 13.4. The Bertz CT molecular complexity index is 553. The molecule has 1 atom stereocenters. The van der Waals surface area contributed by atoms with E-state index in [-0.39, 0.29) is 6.61 Å². The second-order valence-electron chi connectivity index (χ2n) is 6.94. The second-order valence-corrected chi connectivity index (χ2v) is 7.79. The molecule has 0 radical (unpaired) electrons. The van der Waals surface area contributed by atoms with Gasteiger partial charge in [0.05, 0.1) is 0 Å². The number of carbonyl (C=O) groups excluding carboxylic acids is 1. The van der Waals surface area contributed by atoms with Crippen LogP contribution in [0.25, 0.3) is 0 Å². The lowest BCUT2D eigenvalue weighted by Gasteiger charge is -2.39. The summed E-state index contributed by atoms with van der Waals surface area (Å²) in [5.74, 6) is 0. The molecule has 0 heterocycles. The SMILES string of the molecule is CC(C)(C)OC(=O)NC1(CCO)CCc2c(Br)cccc2C1. The number of alkyl carbamates (subject to hydrolysis) is 1. The third-order valence-electron chi connectivity index (χ3n) is 3.95. The van der Waals surface area contributed by atoms with Crippen molar-refractivity contribution in [3.63, 3.8) is 0 Å². The van der Waals surface area contributed by atoms with Crippen LogP contribution in [-0.4, -0.2) is 28.9 Å². The van der Waals surface area contributed by atoms with Gasteiger partial charge in [-0.3, -0.25) is 0 Å². The summed E-state index contributed by atoms with van der Waals surface area (Å²) in [6.07, 6.45) is 2.48. The Morgan fingerprint density at radius 1 is 1.45 bits per heavy atom. The van der Waals surface area contributed by atoms with Gasteiger partial charge < -0.3 is 15.2 Å². The maximum atomic E-state index is 12.2. The van der Waals surface area contributed by atoms with Gasteiger partial charge in [0.15, 0.2) is 0 Å². The molecule has 2 N–H and O–H groups in total. The van der Waals surface area contributed by atoms with Crippen molar-refractivity contribution in [1.29, 1.82) is 0 Å². The molecule has 0 aliphatic heterocycles. The normalized spacial score (nSPS) is 21.1. The fraction of sp³-hybridized carbons (Fsp3) is 0.588. The van der Waals surface area contributed by atoms with Gasteiger partial charge in [-0.1, -0.05) is 28.1 Å². The van der Waals surface area contributed by atoms with Crippen LogP contribution in [0, 0.1) is 0 Å². The Kier molecular flexibility index (Phi) is 5.17. The Labute approximate surface area is 140 Å². The third kappa shape index (κ3) is 4.23. The number of nitrogens with one attached hydrogen (secondary N) is 1. The third-order valence-corrected chi connectivity index (χ3v) is 4.70. The summed E-state index contributed by atoms with van der Waals surface area (Å²) < 4.78 is 6.49. The van der Waals surface area contributed by atoms with Crippen molar-refractivity contribution in [2.24, 2.45) is 0 Å². The number of aliphatic hydroxyl groups is 1. The van der Waals surface area contributed by atoms with Gasteiger partial charge in [-0.15, -0.1) is 0 Å². The summed E-state index contributed by atoms with van der Waals surface area (Å²) in [4.78, 5) is 12.2. The molecule has 2 rings (SSSR count). The Morgan fingerprint density at radius 3 is 2.82 bits per heavy atom. The molecule has 1 unspecified atom stereocenters. The van der Waals surface area contributed by atoms with Crippen molar-refractivity contribution in [2.75, 3.05) is 6.61 Å². The van der Waals surface area contributed by atoms with Crippen molar-refractivity contribution in [1.82, 2.24) is 5.32 Å². The molecule has 1 aliphatic carbocycles. The van der Waals surface area contributed by atoms with E-state index >= 15 is 0 Å². The molecular weight excluding hydrogens is 346 g/mol. The number of ether oxygens (including phenoxy) is 1. The van der Waals surface area contributed by atoms with Crippen LogP contribution in [-0.2, 0) is 17.6 Å². The highest BCUT2D eigenvalue weighted by atomic mass is 79.9. The highest BCUT2D eigenvalue weighted by molar-refractivity contribution is 9.10. The highest BCUT2D eigenvalue weighted by Gasteiger charge is 2.37. The van der Waals surface area contributed by atoms with Crippen molar-refractivity contribution in [3.05, 3.63) is 33.8 Å². The Hall–Kier alpha value is -1.07. The van der Waals surface area contributed by atoms with Gasteiger partial charge in [0.1, 0.15) is 5.60 Å². The Morgan fingerprint density at radius 2 is 2.18 bits per heavy atom. The van der Waals surface area contributed by atoms with Crippen LogP contribution >= 0.6 is 15.9 Å². The lowest BCUT2D eigenvalue weighted by atomic mass is 9.76. The molecule has 0 aromatic heterocycles. The van der Waals surface area contributed by atoms with Gasteiger partial charge in [0, 0.05) is 16.6 Å². The van der Waals surface area contributed by atoms with Crippen molar-refractivity contribution < 1.29 is 14.6 Å². The first-order valence-corrected chi connectivity index (χ1v) is 8.42. The molecule has 1 amide bonds. The number of fused-ring (bicyclic) bond motifs is 1. The molecule has 0 fully saturated rings. The van der Waals surface area contributed by atoms with Gasteiger partial charge in [0.2, 0.25) is 0 Å². The van der Waals surface area contributed by atoms with Crippen molar-refractivity contribution in [2.45, 2.75) is 57.6 Å². The predicted molar refractivity (Wildman–Crippen MR) is 90.0 cm³/mol. The number of amides is 1. The van der Waals surface area contributed by atoms with Gasteiger partial charge in [-0.25, -0.2) is 4.79 Å². The second kappa shape index (κ2) is 6.59. The molecule has 0 saturated heterocycles. The number of hydrogen-bond acceptors (Lipinski definition) is 3. The first kappa shape index (κ1) is 17.3. The van der Waals surface area contributed by atoms with Crippen LogP contribution in [0.5, 0.6) is 0 Å². The molecular formula is C17H24BrNO3. The van der Waals surface area contributed by atoms with Gasteiger partial charge in [-0.05, 0) is 63.6 Å². The predicted octanol–water partition coefficient (Wildman–Crippen LogP) is 3.58. The summed E-state index contributed by atoms with van der Waals surface area (Å²) in [5.41, 5.74) is 1.54. The number of benzene rings is 1. The quantitative estimate of drug-likeness (QED) is 0.855. The van der Waals surface area contributed by atoms with Crippen LogP contribution in [0.15, 0.2) is 22.7 Å². The summed E-state index contributed by atoms with van der Waals surface area (Å²) >= 11 is 3.59.